The Bertz CT molecular complexity index is 1330. The lowest BCUT2D eigenvalue weighted by atomic mass is 9.83. The maximum Gasteiger partial charge on any atom is 0.151 e. The van der Waals surface area contributed by atoms with Gasteiger partial charge in [-0.2, -0.15) is 5.26 Å². The number of nitrogens with zero attached hydrogens (tertiary/aromatic N) is 6. The molecule has 8 nitrogen and oxygen atoms in total. The number of hydrogen-bond acceptors (Lipinski definition) is 8. The number of rotatable bonds is 5. The molecule has 9 heteroatoms. The Labute approximate surface area is 189 Å². The number of hydrogen-bond donors (Lipinski definition) is 1. The molecule has 0 aliphatic heterocycles. The van der Waals surface area contributed by atoms with Crippen LogP contribution in [-0.2, 0) is 4.79 Å². The smallest absolute Gasteiger partial charge is 0.151 e. The first kappa shape index (κ1) is 20.3. The largest absolute Gasteiger partial charge is 0.387 e. The van der Waals surface area contributed by atoms with Crippen LogP contribution in [0.3, 0.4) is 0 Å². The number of nitrogens with one attached hydrogen (secondary N) is 1. The van der Waals surface area contributed by atoms with Crippen molar-refractivity contribution in [1.82, 2.24) is 24.7 Å². The van der Waals surface area contributed by atoms with Crippen LogP contribution < -0.4 is 5.32 Å². The molecular weight excluding hydrogens is 422 g/mol. The standard InChI is InChI=1S/C23H21N7OS/c1-25-19-9-20(30-7-6-17-8-15(10-24)11-27-21(17)30)26-12-18(19)23-29-28-22(32-23)16-4-2-14(13-31)3-5-16/h6-9,11-14,16H,2-5H2,1H3,(H,25,26). The van der Waals surface area contributed by atoms with E-state index < -0.39 is 0 Å². The molecule has 1 saturated carbocycles. The van der Waals surface area contributed by atoms with Crippen molar-refractivity contribution < 1.29 is 4.79 Å². The maximum absolute atomic E-state index is 11.0. The quantitative estimate of drug-likeness (QED) is 0.457. The number of nitriles is 1. The van der Waals surface area contributed by atoms with Crippen LogP contribution in [-0.4, -0.2) is 38.1 Å². The van der Waals surface area contributed by atoms with Crippen LogP contribution in [0.2, 0.25) is 0 Å². The molecular formula is C23H21N7OS. The molecule has 1 aliphatic carbocycles. The van der Waals surface area contributed by atoms with E-state index in [1.165, 1.54) is 0 Å². The average Bonchev–Trinajstić information content (AvgIpc) is 3.51. The van der Waals surface area contributed by atoms with Gasteiger partial charge in [-0.25, -0.2) is 9.97 Å². The molecule has 32 heavy (non-hydrogen) atoms. The molecule has 5 rings (SSSR count). The van der Waals surface area contributed by atoms with Crippen molar-refractivity contribution in [2.75, 3.05) is 12.4 Å². The van der Waals surface area contributed by atoms with Crippen molar-refractivity contribution in [2.45, 2.75) is 31.6 Å². The van der Waals surface area contributed by atoms with Crippen molar-refractivity contribution in [3.63, 3.8) is 0 Å². The van der Waals surface area contributed by atoms with E-state index in [9.17, 15) is 4.79 Å². The van der Waals surface area contributed by atoms with Gasteiger partial charge >= 0.3 is 0 Å². The summed E-state index contributed by atoms with van der Waals surface area (Å²) in [7, 11) is 1.87. The van der Waals surface area contributed by atoms with Crippen molar-refractivity contribution in [3.8, 4) is 22.5 Å². The highest BCUT2D eigenvalue weighted by molar-refractivity contribution is 7.14. The highest BCUT2D eigenvalue weighted by atomic mass is 32.1. The van der Waals surface area contributed by atoms with Gasteiger partial charge in [-0.3, -0.25) is 4.57 Å². The molecule has 0 aromatic carbocycles. The third kappa shape index (κ3) is 3.63. The summed E-state index contributed by atoms with van der Waals surface area (Å²) < 4.78 is 1.90. The summed E-state index contributed by atoms with van der Waals surface area (Å²) in [5.74, 6) is 1.29. The Hall–Kier alpha value is -3.64. The van der Waals surface area contributed by atoms with Gasteiger partial charge in [0, 0.05) is 54.6 Å². The monoisotopic (exact) mass is 443 g/mol. The van der Waals surface area contributed by atoms with Crippen LogP contribution in [0.25, 0.3) is 27.4 Å². The fraction of sp³-hybridized carbons (Fsp3) is 0.304. The van der Waals surface area contributed by atoms with Crippen LogP contribution in [0.4, 0.5) is 5.69 Å². The number of fused-ring (bicyclic) bond motifs is 1. The minimum atomic E-state index is 0.192. The van der Waals surface area contributed by atoms with Crippen molar-refractivity contribution in [1.29, 1.82) is 5.26 Å². The van der Waals surface area contributed by atoms with E-state index in [4.69, 9.17) is 5.26 Å². The Kier molecular flexibility index (Phi) is 5.37. The Morgan fingerprint density at radius 2 is 2.03 bits per heavy atom. The molecule has 0 unspecified atom stereocenters. The van der Waals surface area contributed by atoms with E-state index in [0.717, 1.165) is 70.1 Å². The fourth-order valence-electron chi connectivity index (χ4n) is 4.23. The Balaban J connectivity index is 1.44. The maximum atomic E-state index is 11.0. The molecule has 0 amide bonds. The molecule has 1 N–H and O–H groups in total. The van der Waals surface area contributed by atoms with E-state index in [1.807, 2.05) is 42.2 Å². The van der Waals surface area contributed by atoms with Gasteiger partial charge in [0.1, 0.15) is 28.8 Å². The fourth-order valence-corrected chi connectivity index (χ4v) is 5.27. The van der Waals surface area contributed by atoms with Crippen molar-refractivity contribution in [3.05, 3.63) is 47.4 Å². The van der Waals surface area contributed by atoms with Crippen molar-refractivity contribution in [2.24, 2.45) is 5.92 Å². The number of aromatic nitrogens is 5. The molecule has 4 heterocycles. The second-order valence-electron chi connectivity index (χ2n) is 7.97. The van der Waals surface area contributed by atoms with Crippen LogP contribution in [0.15, 0.2) is 36.8 Å². The van der Waals surface area contributed by atoms with Gasteiger partial charge in [-0.1, -0.05) is 11.3 Å². The molecule has 0 spiro atoms. The number of pyridine rings is 2. The first-order chi connectivity index (χ1) is 15.7. The number of aldehydes is 1. The predicted octanol–water partition coefficient (Wildman–Crippen LogP) is 4.33. The van der Waals surface area contributed by atoms with Gasteiger partial charge in [-0.15, -0.1) is 10.2 Å². The van der Waals surface area contributed by atoms with E-state index in [0.29, 0.717) is 11.5 Å². The summed E-state index contributed by atoms with van der Waals surface area (Å²) in [4.78, 5) is 20.1. The van der Waals surface area contributed by atoms with Gasteiger partial charge in [0.25, 0.3) is 0 Å². The molecule has 4 aromatic heterocycles. The lowest BCUT2D eigenvalue weighted by Gasteiger charge is -2.23. The number of carbonyl (C=O) groups is 1. The summed E-state index contributed by atoms with van der Waals surface area (Å²) in [6.07, 6.45) is 10.2. The van der Waals surface area contributed by atoms with E-state index in [-0.39, 0.29) is 5.92 Å². The summed E-state index contributed by atoms with van der Waals surface area (Å²) in [5.41, 5.74) is 3.08. The SMILES string of the molecule is CNc1cc(-n2ccc3cc(C#N)cnc32)ncc1-c1nnc(C2CCC(C=O)CC2)s1. The van der Waals surface area contributed by atoms with Gasteiger partial charge in [0.05, 0.1) is 11.1 Å². The molecule has 0 bridgehead atoms. The minimum Gasteiger partial charge on any atom is -0.387 e. The first-order valence-electron chi connectivity index (χ1n) is 10.5. The lowest BCUT2D eigenvalue weighted by molar-refractivity contribution is -0.111. The van der Waals surface area contributed by atoms with Crippen LogP contribution >= 0.6 is 11.3 Å². The molecule has 4 aromatic rings. The van der Waals surface area contributed by atoms with Crippen LogP contribution in [0.1, 0.15) is 42.2 Å². The van der Waals surface area contributed by atoms with Crippen LogP contribution in [0.5, 0.6) is 0 Å². The summed E-state index contributed by atoms with van der Waals surface area (Å²) in [6.45, 7) is 0. The summed E-state index contributed by atoms with van der Waals surface area (Å²) in [5, 5.41) is 24.0. The first-order valence-corrected chi connectivity index (χ1v) is 11.4. The van der Waals surface area contributed by atoms with E-state index >= 15 is 0 Å². The van der Waals surface area contributed by atoms with Gasteiger partial charge in [0.15, 0.2) is 5.01 Å². The lowest BCUT2D eigenvalue weighted by Crippen LogP contribution is -2.13. The van der Waals surface area contributed by atoms with Gasteiger partial charge in [0.2, 0.25) is 0 Å². The average molecular weight is 444 g/mol. The zero-order valence-corrected chi connectivity index (χ0v) is 18.3. The van der Waals surface area contributed by atoms with Gasteiger partial charge in [-0.05, 0) is 37.8 Å². The minimum absolute atomic E-state index is 0.192. The third-order valence-corrected chi connectivity index (χ3v) is 7.16. The number of carbonyl (C=O) groups excluding carboxylic acids is 1. The molecule has 0 atom stereocenters. The summed E-state index contributed by atoms with van der Waals surface area (Å²) in [6, 6.07) is 7.82. The Morgan fingerprint density at radius 3 is 2.78 bits per heavy atom. The molecule has 160 valence electrons. The molecule has 0 saturated heterocycles. The second kappa shape index (κ2) is 8.48. The topological polar surface area (TPSA) is 109 Å². The molecule has 1 fully saturated rings. The highest BCUT2D eigenvalue weighted by Crippen LogP contribution is 2.39. The number of anilines is 1. The predicted molar refractivity (Wildman–Crippen MR) is 123 cm³/mol. The normalized spacial score (nSPS) is 18.4. The van der Waals surface area contributed by atoms with E-state index in [1.54, 1.807) is 17.5 Å². The zero-order valence-electron chi connectivity index (χ0n) is 17.5. The summed E-state index contributed by atoms with van der Waals surface area (Å²) >= 11 is 1.60. The Morgan fingerprint density at radius 1 is 1.19 bits per heavy atom. The molecule has 0 radical (unpaired) electrons. The van der Waals surface area contributed by atoms with E-state index in [2.05, 4.69) is 31.6 Å². The third-order valence-electron chi connectivity index (χ3n) is 6.05. The van der Waals surface area contributed by atoms with Crippen molar-refractivity contribution >= 4 is 34.3 Å². The molecule has 1 aliphatic rings. The van der Waals surface area contributed by atoms with Crippen LogP contribution in [0, 0.1) is 17.2 Å². The zero-order chi connectivity index (χ0) is 22.1. The van der Waals surface area contributed by atoms with Gasteiger partial charge < -0.3 is 10.1 Å². The second-order valence-corrected chi connectivity index (χ2v) is 8.97. The highest BCUT2D eigenvalue weighted by Gasteiger charge is 2.25.